The highest BCUT2D eigenvalue weighted by atomic mass is 35.5. The van der Waals surface area contributed by atoms with Gasteiger partial charge < -0.3 is 10.1 Å². The van der Waals surface area contributed by atoms with Crippen LogP contribution in [0.2, 0.25) is 5.02 Å². The van der Waals surface area contributed by atoms with E-state index in [4.69, 9.17) is 16.3 Å². The third-order valence-corrected chi connectivity index (χ3v) is 5.58. The largest absolute Gasteiger partial charge is 0.495 e. The molecule has 0 fully saturated rings. The number of carbonyl (C=O) groups excluding carboxylic acids is 1. The molecule has 3 rings (SSSR count). The van der Waals surface area contributed by atoms with Gasteiger partial charge in [0.1, 0.15) is 5.75 Å². The average Bonchev–Trinajstić information content (AvgIpc) is 2.98. The monoisotopic (exact) mass is 400 g/mol. The molecule has 0 aliphatic carbocycles. The van der Waals surface area contributed by atoms with Crippen LogP contribution in [-0.2, 0) is 11.2 Å². The predicted octanol–water partition coefficient (Wildman–Crippen LogP) is 5.58. The Morgan fingerprint density at radius 2 is 1.89 bits per heavy atom. The second kappa shape index (κ2) is 8.11. The summed E-state index contributed by atoms with van der Waals surface area (Å²) in [6, 6.07) is 11.7. The lowest BCUT2D eigenvalue weighted by atomic mass is 10.1. The summed E-state index contributed by atoms with van der Waals surface area (Å²) in [5.41, 5.74) is 4.57. The highest BCUT2D eigenvalue weighted by Gasteiger charge is 2.16. The van der Waals surface area contributed by atoms with Crippen molar-refractivity contribution in [2.45, 2.75) is 27.2 Å². The summed E-state index contributed by atoms with van der Waals surface area (Å²) < 4.78 is 5.33. The first kappa shape index (κ1) is 19.4. The molecule has 1 amide bonds. The molecule has 1 N–H and O–H groups in total. The molecule has 0 radical (unpaired) electrons. The molecule has 0 bridgehead atoms. The molecule has 1 heterocycles. The Bertz CT molecular complexity index is 981. The number of nitrogens with one attached hydrogen (secondary N) is 1. The van der Waals surface area contributed by atoms with Gasteiger partial charge in [0, 0.05) is 21.5 Å². The van der Waals surface area contributed by atoms with Crippen molar-refractivity contribution in [3.63, 3.8) is 0 Å². The van der Waals surface area contributed by atoms with Crippen LogP contribution in [0.5, 0.6) is 5.75 Å². The van der Waals surface area contributed by atoms with E-state index in [9.17, 15) is 4.79 Å². The second-order valence-corrected chi connectivity index (χ2v) is 8.09. The molecule has 6 heteroatoms. The fraction of sp³-hybridized carbons (Fsp3) is 0.238. The Morgan fingerprint density at radius 3 is 2.56 bits per heavy atom. The van der Waals surface area contributed by atoms with Gasteiger partial charge in [-0.1, -0.05) is 41.4 Å². The van der Waals surface area contributed by atoms with Crippen LogP contribution in [0.1, 0.15) is 21.0 Å². The topological polar surface area (TPSA) is 51.2 Å². The Kier molecular flexibility index (Phi) is 5.82. The number of hydrogen-bond acceptors (Lipinski definition) is 4. The third-order valence-electron chi connectivity index (χ3n) is 4.21. The summed E-state index contributed by atoms with van der Waals surface area (Å²) in [5, 5.41) is 4.47. The Morgan fingerprint density at radius 1 is 1.19 bits per heavy atom. The Balaban J connectivity index is 1.83. The zero-order valence-corrected chi connectivity index (χ0v) is 17.3. The van der Waals surface area contributed by atoms with Crippen molar-refractivity contribution < 1.29 is 9.53 Å². The van der Waals surface area contributed by atoms with Gasteiger partial charge in [0.2, 0.25) is 5.91 Å². The van der Waals surface area contributed by atoms with Gasteiger partial charge in [0.15, 0.2) is 0 Å². The molecule has 0 atom stereocenters. The number of aromatic nitrogens is 1. The van der Waals surface area contributed by atoms with Crippen LogP contribution >= 0.6 is 22.9 Å². The van der Waals surface area contributed by atoms with Crippen molar-refractivity contribution in [3.05, 3.63) is 62.4 Å². The van der Waals surface area contributed by atoms with E-state index >= 15 is 0 Å². The summed E-state index contributed by atoms with van der Waals surface area (Å²) in [4.78, 5) is 18.2. The smallest absolute Gasteiger partial charge is 0.229 e. The van der Waals surface area contributed by atoms with Crippen LogP contribution in [0.15, 0.2) is 36.4 Å². The van der Waals surface area contributed by atoms with Crippen LogP contribution in [0.25, 0.3) is 11.3 Å². The number of carbonyl (C=O) groups is 1. The first-order chi connectivity index (χ1) is 12.9. The van der Waals surface area contributed by atoms with Gasteiger partial charge in [0.25, 0.3) is 0 Å². The van der Waals surface area contributed by atoms with E-state index in [0.717, 1.165) is 26.7 Å². The number of nitrogens with zero attached hydrogens (tertiary/aromatic N) is 1. The van der Waals surface area contributed by atoms with E-state index in [0.29, 0.717) is 16.5 Å². The van der Waals surface area contributed by atoms with Crippen molar-refractivity contribution >= 4 is 34.5 Å². The van der Waals surface area contributed by atoms with Gasteiger partial charge in [-0.15, -0.1) is 11.3 Å². The minimum atomic E-state index is -0.118. The van der Waals surface area contributed by atoms with Crippen molar-refractivity contribution in [3.8, 4) is 17.0 Å². The highest BCUT2D eigenvalue weighted by Crippen LogP contribution is 2.32. The SMILES string of the molecule is COc1cc(Cl)c(C)cc1NC(=O)Cc1sc(C)nc1-c1ccc(C)cc1. The van der Waals surface area contributed by atoms with Crippen LogP contribution in [0.3, 0.4) is 0 Å². The van der Waals surface area contributed by atoms with Crippen LogP contribution < -0.4 is 10.1 Å². The number of rotatable bonds is 5. The summed E-state index contributed by atoms with van der Waals surface area (Å²) in [6.45, 7) is 5.89. The van der Waals surface area contributed by atoms with Gasteiger partial charge in [0.05, 0.1) is 29.9 Å². The maximum Gasteiger partial charge on any atom is 0.229 e. The third kappa shape index (κ3) is 4.49. The van der Waals surface area contributed by atoms with E-state index < -0.39 is 0 Å². The molecule has 0 saturated heterocycles. The summed E-state index contributed by atoms with van der Waals surface area (Å²) in [5.74, 6) is 0.422. The standard InChI is InChI=1S/C21H21ClN2O2S/c1-12-5-7-15(8-6-12)21-19(27-14(3)23-21)11-20(25)24-17-9-13(2)16(22)10-18(17)26-4/h5-10H,11H2,1-4H3,(H,24,25). The normalized spacial score (nSPS) is 10.7. The maximum atomic E-state index is 12.7. The number of amides is 1. The molecule has 4 nitrogen and oxygen atoms in total. The minimum absolute atomic E-state index is 0.118. The molecule has 0 aliphatic heterocycles. The first-order valence-electron chi connectivity index (χ1n) is 8.54. The van der Waals surface area contributed by atoms with Gasteiger partial charge in [-0.05, 0) is 32.4 Å². The highest BCUT2D eigenvalue weighted by molar-refractivity contribution is 7.12. The number of ether oxygens (including phenoxy) is 1. The van der Waals surface area contributed by atoms with Crippen molar-refractivity contribution in [2.24, 2.45) is 0 Å². The van der Waals surface area contributed by atoms with E-state index in [2.05, 4.69) is 22.4 Å². The lowest BCUT2D eigenvalue weighted by Gasteiger charge is -2.12. The molecule has 140 valence electrons. The first-order valence-corrected chi connectivity index (χ1v) is 9.74. The summed E-state index contributed by atoms with van der Waals surface area (Å²) >= 11 is 7.68. The zero-order chi connectivity index (χ0) is 19.6. The molecule has 0 unspecified atom stereocenters. The molecule has 0 spiro atoms. The summed E-state index contributed by atoms with van der Waals surface area (Å²) in [7, 11) is 1.55. The van der Waals surface area contributed by atoms with E-state index in [1.54, 1.807) is 24.5 Å². The number of methoxy groups -OCH3 is 1. The number of benzene rings is 2. The Labute approximate surface area is 168 Å². The number of anilines is 1. The molecule has 0 aliphatic rings. The number of hydrogen-bond donors (Lipinski definition) is 1. The van der Waals surface area contributed by atoms with E-state index in [-0.39, 0.29) is 12.3 Å². The number of thiazole rings is 1. The Hall–Kier alpha value is -2.37. The molecule has 3 aromatic rings. The van der Waals surface area contributed by atoms with Gasteiger partial charge in [-0.2, -0.15) is 0 Å². The number of halogens is 1. The van der Waals surface area contributed by atoms with Crippen molar-refractivity contribution in [2.75, 3.05) is 12.4 Å². The molecular weight excluding hydrogens is 380 g/mol. The maximum absolute atomic E-state index is 12.7. The van der Waals surface area contributed by atoms with E-state index in [1.165, 1.54) is 5.56 Å². The molecular formula is C21H21ClN2O2S. The van der Waals surface area contributed by atoms with Crippen LogP contribution in [-0.4, -0.2) is 18.0 Å². The van der Waals surface area contributed by atoms with Gasteiger partial charge in [-0.3, -0.25) is 4.79 Å². The molecule has 2 aromatic carbocycles. The van der Waals surface area contributed by atoms with Crippen LogP contribution in [0.4, 0.5) is 5.69 Å². The molecule has 0 saturated carbocycles. The fourth-order valence-electron chi connectivity index (χ4n) is 2.80. The number of aryl methyl sites for hydroxylation is 3. The average molecular weight is 401 g/mol. The molecule has 27 heavy (non-hydrogen) atoms. The van der Waals surface area contributed by atoms with Gasteiger partial charge >= 0.3 is 0 Å². The van der Waals surface area contributed by atoms with E-state index in [1.807, 2.05) is 39.0 Å². The van der Waals surface area contributed by atoms with Crippen molar-refractivity contribution in [1.82, 2.24) is 4.98 Å². The zero-order valence-electron chi connectivity index (χ0n) is 15.7. The lowest BCUT2D eigenvalue weighted by Crippen LogP contribution is -2.15. The lowest BCUT2D eigenvalue weighted by molar-refractivity contribution is -0.115. The quantitative estimate of drug-likeness (QED) is 0.608. The fourth-order valence-corrected chi connectivity index (χ4v) is 3.91. The van der Waals surface area contributed by atoms with Gasteiger partial charge in [-0.25, -0.2) is 4.98 Å². The predicted molar refractivity (Wildman–Crippen MR) is 112 cm³/mol. The molecule has 1 aromatic heterocycles. The second-order valence-electron chi connectivity index (χ2n) is 6.40. The van der Waals surface area contributed by atoms with Crippen LogP contribution in [0, 0.1) is 20.8 Å². The van der Waals surface area contributed by atoms with Crippen molar-refractivity contribution in [1.29, 1.82) is 0 Å². The summed E-state index contributed by atoms with van der Waals surface area (Å²) in [6.07, 6.45) is 0.250. The minimum Gasteiger partial charge on any atom is -0.495 e.